The number of carbonyl (C=O) groups is 2. The minimum atomic E-state index is -1.05. The maximum Gasteiger partial charge on any atom is 0.341 e. The Morgan fingerprint density at radius 1 is 1.32 bits per heavy atom. The highest BCUT2D eigenvalue weighted by molar-refractivity contribution is 6.02. The van der Waals surface area contributed by atoms with Gasteiger partial charge in [0.1, 0.15) is 5.75 Å². The number of carboxylic acid groups (broad SMARTS) is 1. The van der Waals surface area contributed by atoms with Crippen LogP contribution < -0.4 is 10.1 Å². The fraction of sp³-hybridized carbons (Fsp3) is 0.267. The van der Waals surface area contributed by atoms with Crippen molar-refractivity contribution >= 4 is 17.6 Å². The molecule has 0 aliphatic carbocycles. The summed E-state index contributed by atoms with van der Waals surface area (Å²) >= 11 is 0. The SMILES string of the molecule is CC(C)c1cc(C(=O)Nc2ccc(OCC(=O)O)cc2)on1. The molecule has 7 nitrogen and oxygen atoms in total. The van der Waals surface area contributed by atoms with Gasteiger partial charge in [-0.2, -0.15) is 0 Å². The van der Waals surface area contributed by atoms with Crippen LogP contribution in [0.4, 0.5) is 5.69 Å². The Kier molecular flexibility index (Phi) is 4.77. The van der Waals surface area contributed by atoms with E-state index in [2.05, 4.69) is 10.5 Å². The number of nitrogens with zero attached hydrogens (tertiary/aromatic N) is 1. The van der Waals surface area contributed by atoms with Crippen LogP contribution in [0.5, 0.6) is 5.75 Å². The molecule has 0 saturated carbocycles. The molecular formula is C15H16N2O5. The van der Waals surface area contributed by atoms with Gasteiger partial charge in [-0.1, -0.05) is 19.0 Å². The second-order valence-electron chi connectivity index (χ2n) is 4.93. The molecular weight excluding hydrogens is 288 g/mol. The van der Waals surface area contributed by atoms with Crippen LogP contribution in [0.2, 0.25) is 0 Å². The monoisotopic (exact) mass is 304 g/mol. The second kappa shape index (κ2) is 6.75. The number of aromatic nitrogens is 1. The maximum absolute atomic E-state index is 12.0. The van der Waals surface area contributed by atoms with Gasteiger partial charge in [0.05, 0.1) is 5.69 Å². The van der Waals surface area contributed by atoms with E-state index in [-0.39, 0.29) is 11.7 Å². The summed E-state index contributed by atoms with van der Waals surface area (Å²) in [6, 6.07) is 7.95. The van der Waals surface area contributed by atoms with Gasteiger partial charge in [-0.3, -0.25) is 4.79 Å². The third-order valence-electron chi connectivity index (χ3n) is 2.82. The molecule has 0 aliphatic rings. The molecule has 0 radical (unpaired) electrons. The number of carboxylic acids is 1. The van der Waals surface area contributed by atoms with Gasteiger partial charge in [0, 0.05) is 11.8 Å². The minimum Gasteiger partial charge on any atom is -0.482 e. The minimum absolute atomic E-state index is 0.134. The number of rotatable bonds is 6. The van der Waals surface area contributed by atoms with E-state index in [0.717, 1.165) is 0 Å². The normalized spacial score (nSPS) is 10.5. The van der Waals surface area contributed by atoms with Crippen LogP contribution in [-0.2, 0) is 4.79 Å². The molecule has 1 aromatic carbocycles. The van der Waals surface area contributed by atoms with E-state index in [1.165, 1.54) is 0 Å². The first kappa shape index (κ1) is 15.6. The van der Waals surface area contributed by atoms with Gasteiger partial charge in [-0.05, 0) is 30.2 Å². The van der Waals surface area contributed by atoms with Crippen molar-refractivity contribution in [1.29, 1.82) is 0 Å². The van der Waals surface area contributed by atoms with Crippen molar-refractivity contribution in [2.75, 3.05) is 11.9 Å². The average Bonchev–Trinajstić information content (AvgIpc) is 2.96. The van der Waals surface area contributed by atoms with Crippen LogP contribution in [0.25, 0.3) is 0 Å². The largest absolute Gasteiger partial charge is 0.482 e. The summed E-state index contributed by atoms with van der Waals surface area (Å²) in [5.41, 5.74) is 1.25. The molecule has 0 bridgehead atoms. The lowest BCUT2D eigenvalue weighted by atomic mass is 10.1. The summed E-state index contributed by atoms with van der Waals surface area (Å²) in [7, 11) is 0. The molecule has 2 N–H and O–H groups in total. The first-order valence-electron chi connectivity index (χ1n) is 6.68. The van der Waals surface area contributed by atoms with E-state index in [1.54, 1.807) is 30.3 Å². The zero-order chi connectivity index (χ0) is 16.1. The lowest BCUT2D eigenvalue weighted by molar-refractivity contribution is -0.139. The summed E-state index contributed by atoms with van der Waals surface area (Å²) in [5.74, 6) is -0.740. The fourth-order valence-corrected chi connectivity index (χ4v) is 1.64. The lowest BCUT2D eigenvalue weighted by Crippen LogP contribution is -2.11. The number of carbonyl (C=O) groups excluding carboxylic acids is 1. The van der Waals surface area contributed by atoms with E-state index in [0.29, 0.717) is 17.1 Å². The fourth-order valence-electron chi connectivity index (χ4n) is 1.64. The molecule has 1 heterocycles. The molecule has 22 heavy (non-hydrogen) atoms. The van der Waals surface area contributed by atoms with E-state index in [4.69, 9.17) is 14.4 Å². The van der Waals surface area contributed by atoms with Crippen LogP contribution in [0, 0.1) is 0 Å². The summed E-state index contributed by atoms with van der Waals surface area (Å²) in [5, 5.41) is 15.0. The number of hydrogen-bond donors (Lipinski definition) is 2. The standard InChI is InChI=1S/C15H16N2O5/c1-9(2)12-7-13(22-17-12)15(20)16-10-3-5-11(6-4-10)21-8-14(18)19/h3-7,9H,8H2,1-2H3,(H,16,20)(H,18,19). The van der Waals surface area contributed by atoms with E-state index in [9.17, 15) is 9.59 Å². The molecule has 7 heteroatoms. The first-order chi connectivity index (χ1) is 10.5. The Labute approximate surface area is 126 Å². The molecule has 0 aliphatic heterocycles. The van der Waals surface area contributed by atoms with E-state index < -0.39 is 18.5 Å². The number of amides is 1. The van der Waals surface area contributed by atoms with Crippen molar-refractivity contribution in [3.05, 3.63) is 41.8 Å². The highest BCUT2D eigenvalue weighted by atomic mass is 16.5. The highest BCUT2D eigenvalue weighted by Crippen LogP contribution is 2.18. The number of nitrogens with one attached hydrogen (secondary N) is 1. The maximum atomic E-state index is 12.0. The smallest absolute Gasteiger partial charge is 0.341 e. The third-order valence-corrected chi connectivity index (χ3v) is 2.82. The third kappa shape index (κ3) is 4.08. The predicted octanol–water partition coefficient (Wildman–Crippen LogP) is 2.51. The topological polar surface area (TPSA) is 102 Å². The molecule has 1 aromatic heterocycles. The zero-order valence-corrected chi connectivity index (χ0v) is 12.2. The van der Waals surface area contributed by atoms with Crippen LogP contribution in [0.3, 0.4) is 0 Å². The van der Waals surface area contributed by atoms with Crippen molar-refractivity contribution in [2.24, 2.45) is 0 Å². The van der Waals surface area contributed by atoms with Gasteiger partial charge in [-0.15, -0.1) is 0 Å². The zero-order valence-electron chi connectivity index (χ0n) is 12.2. The number of anilines is 1. The van der Waals surface area contributed by atoms with Crippen LogP contribution in [0.1, 0.15) is 36.0 Å². The molecule has 0 spiro atoms. The van der Waals surface area contributed by atoms with Gasteiger partial charge < -0.3 is 19.7 Å². The van der Waals surface area contributed by atoms with Crippen LogP contribution >= 0.6 is 0 Å². The van der Waals surface area contributed by atoms with Crippen LogP contribution in [-0.4, -0.2) is 28.7 Å². The van der Waals surface area contributed by atoms with Gasteiger partial charge in [0.2, 0.25) is 5.76 Å². The molecule has 0 atom stereocenters. The van der Waals surface area contributed by atoms with Gasteiger partial charge in [-0.25, -0.2) is 4.79 Å². The van der Waals surface area contributed by atoms with Crippen LogP contribution in [0.15, 0.2) is 34.9 Å². The molecule has 2 aromatic rings. The summed E-state index contributed by atoms with van der Waals surface area (Å²) in [4.78, 5) is 22.4. The summed E-state index contributed by atoms with van der Waals surface area (Å²) in [6.45, 7) is 3.49. The second-order valence-corrected chi connectivity index (χ2v) is 4.93. The van der Waals surface area contributed by atoms with Gasteiger partial charge >= 0.3 is 5.97 Å². The number of aliphatic carboxylic acids is 1. The van der Waals surface area contributed by atoms with Crippen molar-refractivity contribution in [1.82, 2.24) is 5.16 Å². The van der Waals surface area contributed by atoms with Gasteiger partial charge in [0.25, 0.3) is 5.91 Å². The summed E-state index contributed by atoms with van der Waals surface area (Å²) in [6.07, 6.45) is 0. The molecule has 0 fully saturated rings. The Balaban J connectivity index is 1.97. The van der Waals surface area contributed by atoms with Crippen molar-refractivity contribution in [2.45, 2.75) is 19.8 Å². The molecule has 0 unspecified atom stereocenters. The molecule has 1 amide bonds. The van der Waals surface area contributed by atoms with Crippen molar-refractivity contribution < 1.29 is 24.0 Å². The molecule has 2 rings (SSSR count). The Morgan fingerprint density at radius 3 is 2.55 bits per heavy atom. The highest BCUT2D eigenvalue weighted by Gasteiger charge is 2.14. The molecule has 116 valence electrons. The molecule has 0 saturated heterocycles. The Bertz CT molecular complexity index is 661. The summed E-state index contributed by atoms with van der Waals surface area (Å²) < 4.78 is 10.00. The Morgan fingerprint density at radius 2 is 2.00 bits per heavy atom. The Hall–Kier alpha value is -2.83. The lowest BCUT2D eigenvalue weighted by Gasteiger charge is -2.05. The number of benzene rings is 1. The average molecular weight is 304 g/mol. The van der Waals surface area contributed by atoms with Gasteiger partial charge in [0.15, 0.2) is 6.61 Å². The predicted molar refractivity (Wildman–Crippen MR) is 78.1 cm³/mol. The number of ether oxygens (including phenoxy) is 1. The van der Waals surface area contributed by atoms with E-state index in [1.807, 2.05) is 13.8 Å². The van der Waals surface area contributed by atoms with Crippen molar-refractivity contribution in [3.8, 4) is 5.75 Å². The first-order valence-corrected chi connectivity index (χ1v) is 6.68. The van der Waals surface area contributed by atoms with Crippen molar-refractivity contribution in [3.63, 3.8) is 0 Å². The number of hydrogen-bond acceptors (Lipinski definition) is 5. The van der Waals surface area contributed by atoms with E-state index >= 15 is 0 Å². The quantitative estimate of drug-likeness (QED) is 0.850.